The molecule has 4 aromatic carbocycles. The SMILES string of the molecule is CCOC(=O)[C@]1(C#N)[C@@H](c2ccc(Cl)cc2Cl)C[C@](O)(c2ccc(Br)cc2)[C@H](C(=O)c2ccc(Br)cc2)[C@@H]1c1ccc(Cl)cc1Cl. The third-order valence-electron chi connectivity index (χ3n) is 8.59. The highest BCUT2D eigenvalue weighted by Gasteiger charge is 2.68. The van der Waals surface area contributed by atoms with Crippen molar-refractivity contribution in [2.24, 2.45) is 11.3 Å². The van der Waals surface area contributed by atoms with Gasteiger partial charge in [-0.25, -0.2) is 0 Å². The first kappa shape index (κ1) is 34.9. The fraction of sp³-hybridized carbons (Fsp3) is 0.229. The number of aliphatic hydroxyl groups is 1. The van der Waals surface area contributed by atoms with Crippen LogP contribution in [0.4, 0.5) is 0 Å². The van der Waals surface area contributed by atoms with Crippen molar-refractivity contribution < 1.29 is 19.4 Å². The number of nitrogens with zero attached hydrogens (tertiary/aromatic N) is 1. The van der Waals surface area contributed by atoms with Crippen molar-refractivity contribution >= 4 is 90.0 Å². The minimum Gasteiger partial charge on any atom is -0.465 e. The summed E-state index contributed by atoms with van der Waals surface area (Å²) in [6, 6.07) is 25.2. The predicted octanol–water partition coefficient (Wildman–Crippen LogP) is 10.6. The van der Waals surface area contributed by atoms with Crippen LogP contribution in [0.2, 0.25) is 20.1 Å². The third-order valence-corrected chi connectivity index (χ3v) is 10.8. The van der Waals surface area contributed by atoms with Gasteiger partial charge in [-0.3, -0.25) is 9.59 Å². The van der Waals surface area contributed by atoms with E-state index in [-0.39, 0.29) is 34.2 Å². The molecule has 0 aliphatic heterocycles. The number of esters is 1. The van der Waals surface area contributed by atoms with E-state index in [2.05, 4.69) is 37.9 Å². The first-order chi connectivity index (χ1) is 21.9. The molecule has 46 heavy (non-hydrogen) atoms. The van der Waals surface area contributed by atoms with Crippen molar-refractivity contribution in [3.63, 3.8) is 0 Å². The molecule has 236 valence electrons. The van der Waals surface area contributed by atoms with E-state index in [1.165, 1.54) is 12.1 Å². The number of ether oxygens (including phenoxy) is 1. The lowest BCUT2D eigenvalue weighted by molar-refractivity contribution is -0.164. The average molecular weight is 825 g/mol. The maximum absolute atomic E-state index is 14.9. The minimum atomic E-state index is -2.11. The molecule has 1 fully saturated rings. The minimum absolute atomic E-state index is 0.0489. The highest BCUT2D eigenvalue weighted by Crippen LogP contribution is 2.65. The van der Waals surface area contributed by atoms with Crippen molar-refractivity contribution in [1.29, 1.82) is 5.26 Å². The molecule has 5 rings (SSSR count). The van der Waals surface area contributed by atoms with Gasteiger partial charge >= 0.3 is 5.97 Å². The lowest BCUT2D eigenvalue weighted by Gasteiger charge is -2.54. The zero-order valence-electron chi connectivity index (χ0n) is 24.1. The number of halogens is 6. The molecule has 1 saturated carbocycles. The third kappa shape index (κ3) is 6.26. The predicted molar refractivity (Wildman–Crippen MR) is 188 cm³/mol. The van der Waals surface area contributed by atoms with E-state index in [0.29, 0.717) is 21.2 Å². The number of hydrogen-bond donors (Lipinski definition) is 1. The second-order valence-electron chi connectivity index (χ2n) is 11.0. The molecular weight excluding hydrogens is 800 g/mol. The molecule has 5 atom stereocenters. The standard InChI is InChI=1S/C35H25Br2Cl4NO4/c1-2-46-33(44)34(18-42)27(25-13-11-23(38)15-28(25)40)17-35(45,20-5-9-22(37)10-6-20)31(32(43)19-3-7-21(36)8-4-19)30(34)26-14-12-24(39)16-29(26)41/h3-16,27,30-31,45H,2,17H2,1H3/t27-,30+,31+,34-,35+/m1/s1. The van der Waals surface area contributed by atoms with E-state index >= 15 is 0 Å². The summed E-state index contributed by atoms with van der Waals surface area (Å²) < 4.78 is 7.13. The van der Waals surface area contributed by atoms with Gasteiger partial charge in [0.15, 0.2) is 11.2 Å². The summed E-state index contributed by atoms with van der Waals surface area (Å²) in [4.78, 5) is 29.3. The first-order valence-corrected chi connectivity index (χ1v) is 17.2. The van der Waals surface area contributed by atoms with Crippen LogP contribution in [-0.2, 0) is 15.1 Å². The van der Waals surface area contributed by atoms with Crippen LogP contribution in [0.1, 0.15) is 52.2 Å². The Kier molecular flexibility index (Phi) is 10.6. The van der Waals surface area contributed by atoms with Gasteiger partial charge in [0.1, 0.15) is 5.60 Å². The van der Waals surface area contributed by atoms with Gasteiger partial charge in [0.05, 0.1) is 18.6 Å². The Morgan fingerprint density at radius 3 is 1.89 bits per heavy atom. The van der Waals surface area contributed by atoms with E-state index in [9.17, 15) is 20.0 Å². The maximum atomic E-state index is 14.9. The Labute approximate surface area is 303 Å². The Bertz CT molecular complexity index is 1850. The maximum Gasteiger partial charge on any atom is 0.327 e. The molecular formula is C35H25Br2Cl4NO4. The second-order valence-corrected chi connectivity index (χ2v) is 14.6. The van der Waals surface area contributed by atoms with Crippen molar-refractivity contribution in [2.45, 2.75) is 30.8 Å². The molecule has 1 aliphatic carbocycles. The van der Waals surface area contributed by atoms with Crippen molar-refractivity contribution in [2.75, 3.05) is 6.61 Å². The number of rotatable bonds is 7. The molecule has 1 N–H and O–H groups in total. The number of benzene rings is 4. The summed E-state index contributed by atoms with van der Waals surface area (Å²) in [6.45, 7) is 1.58. The summed E-state index contributed by atoms with van der Waals surface area (Å²) >= 11 is 33.1. The van der Waals surface area contributed by atoms with Crippen LogP contribution in [0.25, 0.3) is 0 Å². The van der Waals surface area contributed by atoms with Crippen molar-refractivity contribution in [3.05, 3.63) is 136 Å². The average Bonchev–Trinajstić information content (AvgIpc) is 3.01. The van der Waals surface area contributed by atoms with Crippen LogP contribution in [0.15, 0.2) is 93.9 Å². The molecule has 11 heteroatoms. The van der Waals surface area contributed by atoms with Gasteiger partial charge in [0, 0.05) is 46.4 Å². The Morgan fingerprint density at radius 1 is 0.870 bits per heavy atom. The monoisotopic (exact) mass is 821 g/mol. The fourth-order valence-corrected chi connectivity index (χ4v) is 8.18. The zero-order valence-corrected chi connectivity index (χ0v) is 30.3. The van der Waals surface area contributed by atoms with Crippen LogP contribution in [0.3, 0.4) is 0 Å². The topological polar surface area (TPSA) is 87.4 Å². The lowest BCUT2D eigenvalue weighted by Crippen LogP contribution is -2.59. The Balaban J connectivity index is 1.94. The fourth-order valence-electron chi connectivity index (χ4n) is 6.58. The van der Waals surface area contributed by atoms with Crippen LogP contribution in [-0.4, -0.2) is 23.5 Å². The largest absolute Gasteiger partial charge is 0.465 e. The molecule has 5 nitrogen and oxygen atoms in total. The summed E-state index contributed by atoms with van der Waals surface area (Å²) in [7, 11) is 0. The molecule has 0 unspecified atom stereocenters. The Morgan fingerprint density at radius 2 is 1.39 bits per heavy atom. The van der Waals surface area contributed by atoms with Crippen LogP contribution >= 0.6 is 78.3 Å². The molecule has 0 aromatic heterocycles. The zero-order chi connectivity index (χ0) is 33.4. The summed E-state index contributed by atoms with van der Waals surface area (Å²) in [6.07, 6.45) is -0.253. The van der Waals surface area contributed by atoms with Crippen molar-refractivity contribution in [3.8, 4) is 6.07 Å². The van der Waals surface area contributed by atoms with E-state index in [1.807, 2.05) is 0 Å². The molecule has 0 amide bonds. The molecule has 0 radical (unpaired) electrons. The van der Waals surface area contributed by atoms with Gasteiger partial charge in [0.25, 0.3) is 0 Å². The summed E-state index contributed by atoms with van der Waals surface area (Å²) in [5, 5.41) is 25.3. The first-order valence-electron chi connectivity index (χ1n) is 14.1. The molecule has 4 aromatic rings. The number of carbonyl (C=O) groups excluding carboxylic acids is 2. The highest BCUT2D eigenvalue weighted by molar-refractivity contribution is 9.10. The highest BCUT2D eigenvalue weighted by atomic mass is 79.9. The number of carbonyl (C=O) groups is 2. The number of ketones is 1. The van der Waals surface area contributed by atoms with Crippen molar-refractivity contribution in [1.82, 2.24) is 0 Å². The van der Waals surface area contributed by atoms with Gasteiger partial charge in [0.2, 0.25) is 0 Å². The molecule has 1 aliphatic rings. The molecule has 0 saturated heterocycles. The van der Waals surface area contributed by atoms with Gasteiger partial charge < -0.3 is 9.84 Å². The van der Waals surface area contributed by atoms with E-state index in [1.54, 1.807) is 79.7 Å². The smallest absolute Gasteiger partial charge is 0.327 e. The lowest BCUT2D eigenvalue weighted by atomic mass is 9.47. The molecule has 0 spiro atoms. The van der Waals surface area contributed by atoms with Gasteiger partial charge in [-0.1, -0.05) is 115 Å². The number of hydrogen-bond acceptors (Lipinski definition) is 5. The van der Waals surface area contributed by atoms with E-state index in [4.69, 9.17) is 51.1 Å². The van der Waals surface area contributed by atoms with E-state index < -0.39 is 40.5 Å². The molecule has 0 bridgehead atoms. The van der Waals surface area contributed by atoms with Crippen LogP contribution < -0.4 is 0 Å². The van der Waals surface area contributed by atoms with Gasteiger partial charge in [-0.2, -0.15) is 5.26 Å². The second kappa shape index (κ2) is 14.0. The quantitative estimate of drug-likeness (QED) is 0.148. The van der Waals surface area contributed by atoms with Gasteiger partial charge in [-0.05, 0) is 78.6 Å². The Hall–Kier alpha value is -2.41. The summed E-state index contributed by atoms with van der Waals surface area (Å²) in [5.74, 6) is -5.24. The number of Topliss-reactive ketones (excluding diaryl/α,β-unsaturated/α-hetero) is 1. The molecule has 0 heterocycles. The van der Waals surface area contributed by atoms with Crippen LogP contribution in [0.5, 0.6) is 0 Å². The number of nitriles is 1. The van der Waals surface area contributed by atoms with Crippen LogP contribution in [0, 0.1) is 22.7 Å². The van der Waals surface area contributed by atoms with E-state index in [0.717, 1.165) is 8.95 Å². The summed E-state index contributed by atoms with van der Waals surface area (Å²) in [5.41, 5.74) is -2.77. The normalized spacial score (nSPS) is 24.2. The van der Waals surface area contributed by atoms with Gasteiger partial charge in [-0.15, -0.1) is 0 Å².